The van der Waals surface area contributed by atoms with E-state index in [-0.39, 0.29) is 51.0 Å². The molecule has 3 fully saturated rings. The average molecular weight is 664 g/mol. The van der Waals surface area contributed by atoms with Crippen LogP contribution in [-0.4, -0.2) is 77.7 Å². The van der Waals surface area contributed by atoms with E-state index in [1.54, 1.807) is 24.3 Å². The van der Waals surface area contributed by atoms with Gasteiger partial charge in [-0.25, -0.2) is 0 Å². The lowest BCUT2D eigenvalue weighted by atomic mass is 9.70. The Bertz CT molecular complexity index is 1500. The zero-order valence-corrected chi connectivity index (χ0v) is 27.4. The number of amides is 3. The van der Waals surface area contributed by atoms with Gasteiger partial charge in [0.15, 0.2) is 0 Å². The summed E-state index contributed by atoms with van der Waals surface area (Å²) >= 11 is 6.62. The molecule has 1 spiro atoms. The lowest BCUT2D eigenvalue weighted by Crippen LogP contribution is -2.57. The number of carbonyl (C=O) groups is 4. The Morgan fingerprint density at radius 2 is 1.96 bits per heavy atom. The molecule has 2 bridgehead atoms. The molecule has 2 aromatic carbocycles. The highest BCUT2D eigenvalue weighted by molar-refractivity contribution is 6.34. The molecular formula is C36H42ClN3O7. The number of ether oxygens (including phenoxy) is 2. The van der Waals surface area contributed by atoms with Crippen LogP contribution in [0.4, 0.5) is 5.69 Å². The number of carbonyl (C=O) groups excluding carboxylic acids is 4. The summed E-state index contributed by atoms with van der Waals surface area (Å²) in [7, 11) is 0. The molecule has 47 heavy (non-hydrogen) atoms. The van der Waals surface area contributed by atoms with E-state index in [2.05, 4.69) is 18.5 Å². The number of halogens is 1. The van der Waals surface area contributed by atoms with Crippen molar-refractivity contribution in [1.82, 2.24) is 10.2 Å². The summed E-state index contributed by atoms with van der Waals surface area (Å²) in [6, 6.07) is 12.8. The highest BCUT2D eigenvalue weighted by Crippen LogP contribution is 2.59. The van der Waals surface area contributed by atoms with E-state index in [1.807, 2.05) is 43.3 Å². The summed E-state index contributed by atoms with van der Waals surface area (Å²) in [6.07, 6.45) is 4.44. The largest absolute Gasteiger partial charge is 0.463 e. The predicted octanol–water partition coefficient (Wildman–Crippen LogP) is 4.29. The highest BCUT2D eigenvalue weighted by atomic mass is 35.5. The molecule has 2 N–H and O–H groups in total. The van der Waals surface area contributed by atoms with Gasteiger partial charge >= 0.3 is 5.97 Å². The van der Waals surface area contributed by atoms with Gasteiger partial charge < -0.3 is 29.7 Å². The van der Waals surface area contributed by atoms with Crippen LogP contribution in [0.25, 0.3) is 0 Å². The number of anilines is 1. The Labute approximate surface area is 280 Å². The summed E-state index contributed by atoms with van der Waals surface area (Å²) < 4.78 is 12.1. The normalized spacial score (nSPS) is 24.8. The number of hydrogen-bond acceptors (Lipinski definition) is 7. The van der Waals surface area contributed by atoms with E-state index in [4.69, 9.17) is 21.1 Å². The molecule has 11 heteroatoms. The third kappa shape index (κ3) is 6.59. The summed E-state index contributed by atoms with van der Waals surface area (Å²) in [4.78, 5) is 58.5. The van der Waals surface area contributed by atoms with E-state index in [0.29, 0.717) is 30.0 Å². The number of nitrogens with one attached hydrogen (secondary N) is 1. The number of hydrogen-bond donors (Lipinski definition) is 2. The van der Waals surface area contributed by atoms with Gasteiger partial charge in [-0.2, -0.15) is 0 Å². The smallest absolute Gasteiger partial charge is 0.306 e. The number of rotatable bonds is 15. The molecule has 3 aliphatic rings. The Morgan fingerprint density at radius 1 is 1.19 bits per heavy atom. The van der Waals surface area contributed by atoms with Crippen molar-refractivity contribution in [3.8, 4) is 0 Å². The Balaban J connectivity index is 1.46. The first-order valence-corrected chi connectivity index (χ1v) is 16.4. The molecule has 0 radical (unpaired) electrons. The molecule has 10 nitrogen and oxygen atoms in total. The number of benzene rings is 2. The predicted molar refractivity (Wildman–Crippen MR) is 177 cm³/mol. The first-order chi connectivity index (χ1) is 22.7. The van der Waals surface area contributed by atoms with Gasteiger partial charge in [-0.15, -0.1) is 13.2 Å². The van der Waals surface area contributed by atoms with E-state index < -0.39 is 47.5 Å². The van der Waals surface area contributed by atoms with Gasteiger partial charge in [-0.3, -0.25) is 19.2 Å². The van der Waals surface area contributed by atoms with Crippen molar-refractivity contribution < 1.29 is 33.8 Å². The number of para-hydroxylation sites is 1. The van der Waals surface area contributed by atoms with Gasteiger partial charge in [0.2, 0.25) is 11.8 Å². The van der Waals surface area contributed by atoms with Gasteiger partial charge in [0.25, 0.3) is 5.91 Å². The number of esters is 1. The van der Waals surface area contributed by atoms with Crippen molar-refractivity contribution in [3.63, 3.8) is 0 Å². The number of aliphatic hydroxyl groups is 1. The van der Waals surface area contributed by atoms with Crippen LogP contribution in [-0.2, 0) is 28.7 Å². The second-order valence-corrected chi connectivity index (χ2v) is 12.7. The lowest BCUT2D eigenvalue weighted by molar-refractivity contribution is -0.146. The summed E-state index contributed by atoms with van der Waals surface area (Å²) in [6.45, 7) is 9.32. The van der Waals surface area contributed by atoms with Crippen molar-refractivity contribution in [1.29, 1.82) is 0 Å². The van der Waals surface area contributed by atoms with Gasteiger partial charge in [-0.05, 0) is 49.8 Å². The van der Waals surface area contributed by atoms with Gasteiger partial charge in [0, 0.05) is 26.1 Å². The summed E-state index contributed by atoms with van der Waals surface area (Å²) in [5.74, 6) is -3.36. The zero-order chi connectivity index (χ0) is 33.7. The fraction of sp³-hybridized carbons (Fsp3) is 0.444. The fourth-order valence-electron chi connectivity index (χ4n) is 7.39. The summed E-state index contributed by atoms with van der Waals surface area (Å²) in [5, 5.41) is 13.1. The maximum atomic E-state index is 14.7. The van der Waals surface area contributed by atoms with E-state index in [0.717, 1.165) is 11.1 Å². The standard InChI is InChI=1S/C36H42ClN3O7/c1-4-6-16-28(42)46-22-26(24-13-8-7-9-14-24)38-33(43)29-27-17-18-36(47-27)30(29)34(44)40(20-11-21-41)32(36)35(45)39(19-5-2)31-23(3)12-10-15-25(31)37/h4-5,7-10,12-15,26-27,29-30,32,41H,1-2,6,11,16-22H2,3H3,(H,38,43)/t26-,27-,29+,30+,32-,36+/m0/s1. The maximum Gasteiger partial charge on any atom is 0.306 e. The van der Waals surface area contributed by atoms with Crippen molar-refractivity contribution in [2.24, 2.45) is 11.8 Å². The zero-order valence-electron chi connectivity index (χ0n) is 26.6. The minimum atomic E-state index is -1.25. The third-order valence-corrected chi connectivity index (χ3v) is 9.72. The SMILES string of the molecule is C=CCCC(=O)OC[C@H](NC(=O)[C@@H]1[C@@H]2CC[C@]3(O2)[C@H](C(=O)N(CC=C)c2c(C)cccc2Cl)N(CCCO)C(=O)[C@@H]13)c1ccccc1. The van der Waals surface area contributed by atoms with E-state index in [9.17, 15) is 24.3 Å². The summed E-state index contributed by atoms with van der Waals surface area (Å²) in [5.41, 5.74) is 0.786. The molecule has 0 unspecified atom stereocenters. The Morgan fingerprint density at radius 3 is 2.64 bits per heavy atom. The van der Waals surface area contributed by atoms with Gasteiger partial charge in [-0.1, -0.05) is 66.2 Å². The van der Waals surface area contributed by atoms with E-state index in [1.165, 1.54) is 9.80 Å². The number of fused-ring (bicyclic) bond motifs is 1. The number of allylic oxidation sites excluding steroid dienone is 1. The Hall–Kier alpha value is -3.99. The average Bonchev–Trinajstić information content (AvgIpc) is 3.71. The van der Waals surface area contributed by atoms with Crippen molar-refractivity contribution >= 4 is 41.0 Å². The molecule has 0 aliphatic carbocycles. The van der Waals surface area contributed by atoms with Crippen LogP contribution < -0.4 is 10.2 Å². The second-order valence-electron chi connectivity index (χ2n) is 12.3. The number of likely N-dealkylation sites (tertiary alicyclic amines) is 1. The molecule has 0 aromatic heterocycles. The lowest BCUT2D eigenvalue weighted by Gasteiger charge is -2.37. The molecule has 3 saturated heterocycles. The van der Waals surface area contributed by atoms with Crippen LogP contribution in [0.15, 0.2) is 73.8 Å². The molecule has 3 amide bonds. The van der Waals surface area contributed by atoms with Gasteiger partial charge in [0.05, 0.1) is 34.7 Å². The minimum Gasteiger partial charge on any atom is -0.463 e. The first kappa shape index (κ1) is 34.3. The van der Waals surface area contributed by atoms with Crippen LogP contribution >= 0.6 is 11.6 Å². The molecule has 3 aliphatic heterocycles. The monoisotopic (exact) mass is 663 g/mol. The highest BCUT2D eigenvalue weighted by Gasteiger charge is 2.74. The van der Waals surface area contributed by atoms with Crippen LogP contribution in [0.3, 0.4) is 0 Å². The fourth-order valence-corrected chi connectivity index (χ4v) is 7.71. The third-order valence-electron chi connectivity index (χ3n) is 9.41. The topological polar surface area (TPSA) is 125 Å². The molecule has 5 rings (SSSR count). The Kier molecular flexibility index (Phi) is 10.8. The quantitative estimate of drug-likeness (QED) is 0.215. The van der Waals surface area contributed by atoms with E-state index >= 15 is 0 Å². The maximum absolute atomic E-state index is 14.7. The molecule has 250 valence electrons. The van der Waals surface area contributed by atoms with Crippen LogP contribution in [0.5, 0.6) is 0 Å². The molecule has 3 heterocycles. The first-order valence-electron chi connectivity index (χ1n) is 16.1. The molecule has 2 aromatic rings. The molecule has 6 atom stereocenters. The number of nitrogens with zero attached hydrogens (tertiary/aromatic N) is 2. The minimum absolute atomic E-state index is 0.0921. The van der Waals surface area contributed by atoms with Gasteiger partial charge in [0.1, 0.15) is 18.2 Å². The number of aryl methyl sites for hydroxylation is 1. The van der Waals surface area contributed by atoms with Crippen LogP contribution in [0, 0.1) is 18.8 Å². The second kappa shape index (κ2) is 14.8. The van der Waals surface area contributed by atoms with Crippen LogP contribution in [0.1, 0.15) is 49.3 Å². The van der Waals surface area contributed by atoms with Crippen LogP contribution in [0.2, 0.25) is 5.02 Å². The molecule has 0 saturated carbocycles. The molecular weight excluding hydrogens is 622 g/mol. The number of aliphatic hydroxyl groups excluding tert-OH is 1. The van der Waals surface area contributed by atoms with Crippen molar-refractivity contribution in [3.05, 3.63) is 90.0 Å². The van der Waals surface area contributed by atoms with Crippen molar-refractivity contribution in [2.75, 3.05) is 31.2 Å². The van der Waals surface area contributed by atoms with Crippen molar-refractivity contribution in [2.45, 2.75) is 62.8 Å².